The van der Waals surface area contributed by atoms with Gasteiger partial charge in [0.1, 0.15) is 17.8 Å². The standard InChI is InChI=1S/C20H19N3O4S2/c1-26-16-7-3-14(4-8-16)11-28-19-18(23(24)25)20(22-13-21-19)29-12-15-5-9-17(27-2)10-6-15/h3-10,13H,11-12H2,1-2H3. The minimum absolute atomic E-state index is 0.0514. The Balaban J connectivity index is 1.73. The van der Waals surface area contributed by atoms with Gasteiger partial charge in [0.05, 0.1) is 19.1 Å². The van der Waals surface area contributed by atoms with Gasteiger partial charge in [-0.3, -0.25) is 10.1 Å². The van der Waals surface area contributed by atoms with Crippen molar-refractivity contribution >= 4 is 29.2 Å². The predicted molar refractivity (Wildman–Crippen MR) is 114 cm³/mol. The average Bonchev–Trinajstić information content (AvgIpc) is 2.76. The average molecular weight is 430 g/mol. The highest BCUT2D eigenvalue weighted by Crippen LogP contribution is 2.37. The Morgan fingerprint density at radius 2 is 1.24 bits per heavy atom. The van der Waals surface area contributed by atoms with E-state index in [1.807, 2.05) is 48.5 Å². The molecule has 2 aromatic carbocycles. The van der Waals surface area contributed by atoms with Gasteiger partial charge in [-0.1, -0.05) is 47.8 Å². The molecule has 7 nitrogen and oxygen atoms in total. The number of benzene rings is 2. The van der Waals surface area contributed by atoms with E-state index in [0.29, 0.717) is 21.6 Å². The molecule has 29 heavy (non-hydrogen) atoms. The van der Waals surface area contributed by atoms with Gasteiger partial charge in [-0.25, -0.2) is 9.97 Å². The Labute approximate surface area is 177 Å². The van der Waals surface area contributed by atoms with E-state index >= 15 is 0 Å². The lowest BCUT2D eigenvalue weighted by atomic mass is 10.2. The smallest absolute Gasteiger partial charge is 0.333 e. The van der Waals surface area contributed by atoms with Crippen molar-refractivity contribution in [2.75, 3.05) is 14.2 Å². The molecule has 0 radical (unpaired) electrons. The molecule has 0 amide bonds. The van der Waals surface area contributed by atoms with Crippen molar-refractivity contribution in [2.24, 2.45) is 0 Å². The Bertz CT molecular complexity index is 897. The van der Waals surface area contributed by atoms with Crippen LogP contribution in [0.3, 0.4) is 0 Å². The number of hydrogen-bond acceptors (Lipinski definition) is 8. The Hall–Kier alpha value is -2.78. The summed E-state index contributed by atoms with van der Waals surface area (Å²) in [5.74, 6) is 2.66. The summed E-state index contributed by atoms with van der Waals surface area (Å²) in [6.45, 7) is 0. The maximum absolute atomic E-state index is 11.7. The Morgan fingerprint density at radius 1 is 0.828 bits per heavy atom. The van der Waals surface area contributed by atoms with Gasteiger partial charge < -0.3 is 9.47 Å². The van der Waals surface area contributed by atoms with Gasteiger partial charge in [-0.2, -0.15) is 0 Å². The molecule has 1 heterocycles. The van der Waals surface area contributed by atoms with Crippen molar-refractivity contribution in [1.82, 2.24) is 9.97 Å². The van der Waals surface area contributed by atoms with Crippen LogP contribution < -0.4 is 9.47 Å². The van der Waals surface area contributed by atoms with Crippen LogP contribution in [-0.2, 0) is 11.5 Å². The molecule has 0 spiro atoms. The van der Waals surface area contributed by atoms with Crippen LogP contribution >= 0.6 is 23.5 Å². The highest BCUT2D eigenvalue weighted by molar-refractivity contribution is 7.99. The SMILES string of the molecule is COc1ccc(CSc2ncnc(SCc3ccc(OC)cc3)c2[N+](=O)[O-])cc1. The molecular formula is C20H19N3O4S2. The molecule has 0 unspecified atom stereocenters. The first-order valence-corrected chi connectivity index (χ1v) is 10.6. The summed E-state index contributed by atoms with van der Waals surface area (Å²) >= 11 is 2.64. The van der Waals surface area contributed by atoms with E-state index in [1.165, 1.54) is 29.9 Å². The molecule has 9 heteroatoms. The summed E-state index contributed by atoms with van der Waals surface area (Å²) in [5, 5.41) is 12.4. The van der Waals surface area contributed by atoms with Crippen molar-refractivity contribution in [2.45, 2.75) is 21.6 Å². The lowest BCUT2D eigenvalue weighted by Crippen LogP contribution is -1.99. The number of hydrogen-bond donors (Lipinski definition) is 0. The van der Waals surface area contributed by atoms with Crippen LogP contribution in [0.15, 0.2) is 64.9 Å². The van der Waals surface area contributed by atoms with Crippen molar-refractivity contribution in [3.8, 4) is 11.5 Å². The van der Waals surface area contributed by atoms with Gasteiger partial charge in [-0.15, -0.1) is 0 Å². The highest BCUT2D eigenvalue weighted by atomic mass is 32.2. The third kappa shape index (κ3) is 5.61. The number of aromatic nitrogens is 2. The fourth-order valence-electron chi connectivity index (χ4n) is 2.46. The van der Waals surface area contributed by atoms with Gasteiger partial charge >= 0.3 is 5.69 Å². The summed E-state index contributed by atoms with van der Waals surface area (Å²) in [7, 11) is 3.22. The molecule has 150 valence electrons. The van der Waals surface area contributed by atoms with E-state index < -0.39 is 4.92 Å². The molecule has 3 rings (SSSR count). The van der Waals surface area contributed by atoms with Crippen LogP contribution in [0.25, 0.3) is 0 Å². The van der Waals surface area contributed by atoms with Gasteiger partial charge in [-0.05, 0) is 35.4 Å². The molecule has 0 aliphatic heterocycles. The molecule has 0 bridgehead atoms. The third-order valence-corrected chi connectivity index (χ3v) is 6.11. The molecule has 0 aliphatic carbocycles. The molecule has 0 atom stereocenters. The molecule has 0 saturated carbocycles. The monoisotopic (exact) mass is 429 g/mol. The van der Waals surface area contributed by atoms with Gasteiger partial charge in [0, 0.05) is 11.5 Å². The second kappa shape index (κ2) is 10.1. The van der Waals surface area contributed by atoms with Gasteiger partial charge in [0.25, 0.3) is 0 Å². The molecule has 3 aromatic rings. The first kappa shape index (κ1) is 20.9. The summed E-state index contributed by atoms with van der Waals surface area (Å²) in [4.78, 5) is 19.6. The molecule has 1 aromatic heterocycles. The second-order valence-corrected chi connectivity index (χ2v) is 7.79. The molecule has 0 aliphatic rings. The summed E-state index contributed by atoms with van der Waals surface area (Å²) in [6.07, 6.45) is 1.37. The van der Waals surface area contributed by atoms with E-state index in [9.17, 15) is 10.1 Å². The minimum atomic E-state index is -0.410. The molecule has 0 fully saturated rings. The fourth-order valence-corrected chi connectivity index (χ4v) is 4.38. The van der Waals surface area contributed by atoms with Crippen LogP contribution in [-0.4, -0.2) is 29.1 Å². The zero-order chi connectivity index (χ0) is 20.6. The summed E-state index contributed by atoms with van der Waals surface area (Å²) < 4.78 is 10.3. The van der Waals surface area contributed by atoms with Crippen molar-refractivity contribution in [1.29, 1.82) is 0 Å². The quantitative estimate of drug-likeness (QED) is 0.204. The summed E-state index contributed by atoms with van der Waals surface area (Å²) in [6, 6.07) is 15.2. The van der Waals surface area contributed by atoms with Crippen LogP contribution in [0.2, 0.25) is 0 Å². The normalized spacial score (nSPS) is 10.6. The molecule has 0 saturated heterocycles. The van der Waals surface area contributed by atoms with Crippen molar-refractivity contribution in [3.63, 3.8) is 0 Å². The van der Waals surface area contributed by atoms with E-state index in [4.69, 9.17) is 9.47 Å². The largest absolute Gasteiger partial charge is 0.497 e. The highest BCUT2D eigenvalue weighted by Gasteiger charge is 2.23. The number of methoxy groups -OCH3 is 2. The number of rotatable bonds is 9. The maximum Gasteiger partial charge on any atom is 0.333 e. The van der Waals surface area contributed by atoms with E-state index in [-0.39, 0.29) is 5.69 Å². The third-order valence-electron chi connectivity index (χ3n) is 4.01. The zero-order valence-corrected chi connectivity index (χ0v) is 17.5. The van der Waals surface area contributed by atoms with E-state index in [2.05, 4.69) is 9.97 Å². The van der Waals surface area contributed by atoms with Gasteiger partial charge in [0.15, 0.2) is 10.1 Å². The fraction of sp³-hybridized carbons (Fsp3) is 0.200. The number of thioether (sulfide) groups is 2. The predicted octanol–water partition coefficient (Wildman–Crippen LogP) is 4.99. The number of nitro groups is 1. The van der Waals surface area contributed by atoms with Crippen LogP contribution in [0.5, 0.6) is 11.5 Å². The first-order valence-electron chi connectivity index (χ1n) is 8.61. The number of ether oxygens (including phenoxy) is 2. The van der Waals surface area contributed by atoms with Gasteiger partial charge in [0.2, 0.25) is 0 Å². The molecular weight excluding hydrogens is 410 g/mol. The van der Waals surface area contributed by atoms with E-state index in [0.717, 1.165) is 22.6 Å². The lowest BCUT2D eigenvalue weighted by Gasteiger charge is -2.07. The van der Waals surface area contributed by atoms with E-state index in [1.54, 1.807) is 14.2 Å². The summed E-state index contributed by atoms with van der Waals surface area (Å²) in [5.41, 5.74) is 2.00. The first-order chi connectivity index (χ1) is 14.1. The Kier molecular flexibility index (Phi) is 7.31. The minimum Gasteiger partial charge on any atom is -0.497 e. The zero-order valence-electron chi connectivity index (χ0n) is 15.9. The van der Waals surface area contributed by atoms with Crippen LogP contribution in [0, 0.1) is 10.1 Å². The van der Waals surface area contributed by atoms with Crippen molar-refractivity contribution in [3.05, 3.63) is 76.1 Å². The maximum atomic E-state index is 11.7. The number of nitrogens with zero attached hydrogens (tertiary/aromatic N) is 3. The lowest BCUT2D eigenvalue weighted by molar-refractivity contribution is -0.391. The second-order valence-electron chi connectivity index (χ2n) is 5.86. The van der Waals surface area contributed by atoms with Crippen molar-refractivity contribution < 1.29 is 14.4 Å². The Morgan fingerprint density at radius 3 is 1.59 bits per heavy atom. The molecule has 0 N–H and O–H groups in total. The van der Waals surface area contributed by atoms with Crippen LogP contribution in [0.1, 0.15) is 11.1 Å². The van der Waals surface area contributed by atoms with Crippen LogP contribution in [0.4, 0.5) is 5.69 Å². The topological polar surface area (TPSA) is 87.4 Å².